The van der Waals surface area contributed by atoms with Crippen molar-refractivity contribution in [3.63, 3.8) is 0 Å². The number of rotatable bonds is 0. The van der Waals surface area contributed by atoms with Crippen molar-refractivity contribution in [1.82, 2.24) is 4.98 Å². The number of pyridine rings is 1. The maximum Gasteiger partial charge on any atom is 0.231 e. The van der Waals surface area contributed by atoms with E-state index in [-0.39, 0.29) is 0 Å². The van der Waals surface area contributed by atoms with Crippen molar-refractivity contribution >= 4 is 33.7 Å². The summed E-state index contributed by atoms with van der Waals surface area (Å²) in [4.78, 5) is 4.07. The summed E-state index contributed by atoms with van der Waals surface area (Å²) in [6.45, 7) is 0. The minimum absolute atomic E-state index is 0.409. The van der Waals surface area contributed by atoms with Crippen molar-refractivity contribution in [3.05, 3.63) is 29.8 Å². The molecule has 0 atom stereocenters. The Balaban J connectivity index is 2.70. The lowest BCUT2D eigenvalue weighted by Gasteiger charge is -1.92. The quantitative estimate of drug-likeness (QED) is 0.515. The van der Waals surface area contributed by atoms with E-state index in [0.717, 1.165) is 16.4 Å². The Morgan fingerprint density at radius 2 is 1.85 bits per heavy atom. The van der Waals surface area contributed by atoms with Crippen LogP contribution in [0.2, 0.25) is 5.15 Å². The van der Waals surface area contributed by atoms with Gasteiger partial charge in [-0.25, -0.2) is 0 Å². The molecule has 0 radical (unpaired) electrons. The van der Waals surface area contributed by atoms with E-state index >= 15 is 0 Å². The molecule has 0 aliphatic heterocycles. The minimum atomic E-state index is 0.409. The van der Waals surface area contributed by atoms with Gasteiger partial charge in [0.05, 0.1) is 23.3 Å². The number of fused-ring (bicyclic) bond motifs is 3. The molecule has 3 aromatic rings. The molecule has 3 rings (SSSR count). The van der Waals surface area contributed by atoms with Crippen LogP contribution in [0.25, 0.3) is 22.1 Å². The highest BCUT2D eigenvalue weighted by atomic mass is 35.5. The van der Waals surface area contributed by atoms with Gasteiger partial charge in [0.25, 0.3) is 0 Å². The second-order valence-corrected chi connectivity index (χ2v) is 3.06. The topological polar surface area (TPSA) is 39.2 Å². The molecule has 3 heterocycles. The molecule has 0 aliphatic rings. The van der Waals surface area contributed by atoms with Crippen LogP contribution in [0.1, 0.15) is 0 Å². The number of furan rings is 2. The predicted molar refractivity (Wildman–Crippen MR) is 48.8 cm³/mol. The van der Waals surface area contributed by atoms with Gasteiger partial charge in [0.1, 0.15) is 10.7 Å². The van der Waals surface area contributed by atoms with Gasteiger partial charge in [0.2, 0.25) is 5.71 Å². The molecule has 0 aliphatic carbocycles. The Hall–Kier alpha value is -1.48. The van der Waals surface area contributed by atoms with Crippen LogP contribution in [0.15, 0.2) is 33.5 Å². The lowest BCUT2D eigenvalue weighted by Crippen LogP contribution is -1.76. The van der Waals surface area contributed by atoms with Crippen LogP contribution in [-0.2, 0) is 0 Å². The number of nitrogens with zero attached hydrogens (tertiary/aromatic N) is 1. The summed E-state index contributed by atoms with van der Waals surface area (Å²) >= 11 is 5.90. The van der Waals surface area contributed by atoms with Gasteiger partial charge in [-0.15, -0.1) is 0 Å². The highest BCUT2D eigenvalue weighted by Gasteiger charge is 2.10. The summed E-state index contributed by atoms with van der Waals surface area (Å²) in [6, 6.07) is 3.60. The van der Waals surface area contributed by atoms with E-state index in [1.165, 1.54) is 0 Å². The normalized spacial score (nSPS) is 11.5. The van der Waals surface area contributed by atoms with E-state index in [0.29, 0.717) is 10.9 Å². The molecule has 0 saturated carbocycles. The predicted octanol–water partition coefficient (Wildman–Crippen LogP) is 3.23. The third-order valence-corrected chi connectivity index (χ3v) is 2.26. The number of halogens is 1. The molecular weight excluding hydrogens is 190 g/mol. The van der Waals surface area contributed by atoms with Crippen LogP contribution in [0.3, 0.4) is 0 Å². The minimum Gasteiger partial charge on any atom is -0.463 e. The SMILES string of the molecule is Clc1nc2occc2c2occc12. The van der Waals surface area contributed by atoms with Crippen molar-refractivity contribution in [2.75, 3.05) is 0 Å². The lowest BCUT2D eigenvalue weighted by atomic mass is 10.3. The zero-order valence-electron chi connectivity index (χ0n) is 6.45. The molecule has 13 heavy (non-hydrogen) atoms. The molecular formula is C9H4ClNO2. The molecule has 0 unspecified atom stereocenters. The van der Waals surface area contributed by atoms with Gasteiger partial charge in [0.15, 0.2) is 0 Å². The van der Waals surface area contributed by atoms with Gasteiger partial charge < -0.3 is 8.83 Å². The van der Waals surface area contributed by atoms with E-state index in [1.54, 1.807) is 18.6 Å². The average Bonchev–Trinajstić information content (AvgIpc) is 2.66. The van der Waals surface area contributed by atoms with Crippen molar-refractivity contribution in [3.8, 4) is 0 Å². The maximum absolute atomic E-state index is 5.90. The van der Waals surface area contributed by atoms with Gasteiger partial charge in [-0.1, -0.05) is 11.6 Å². The second-order valence-electron chi connectivity index (χ2n) is 2.71. The summed E-state index contributed by atoms with van der Waals surface area (Å²) in [7, 11) is 0. The zero-order chi connectivity index (χ0) is 8.84. The molecule has 3 aromatic heterocycles. The lowest BCUT2D eigenvalue weighted by molar-refractivity contribution is 0.601. The molecule has 0 amide bonds. The Morgan fingerprint density at radius 3 is 2.77 bits per heavy atom. The smallest absolute Gasteiger partial charge is 0.231 e. The number of hydrogen-bond acceptors (Lipinski definition) is 3. The Labute approximate surface area is 77.9 Å². The molecule has 4 heteroatoms. The van der Waals surface area contributed by atoms with Gasteiger partial charge in [-0.2, -0.15) is 4.98 Å². The molecule has 0 saturated heterocycles. The molecule has 0 fully saturated rings. The largest absolute Gasteiger partial charge is 0.463 e. The van der Waals surface area contributed by atoms with E-state index in [1.807, 2.05) is 6.07 Å². The summed E-state index contributed by atoms with van der Waals surface area (Å²) in [6.07, 6.45) is 3.15. The Bertz CT molecular complexity index is 581. The molecule has 64 valence electrons. The highest BCUT2D eigenvalue weighted by molar-refractivity contribution is 6.35. The van der Waals surface area contributed by atoms with Crippen molar-refractivity contribution in [1.29, 1.82) is 0 Å². The Morgan fingerprint density at radius 1 is 1.08 bits per heavy atom. The van der Waals surface area contributed by atoms with E-state index < -0.39 is 0 Å². The van der Waals surface area contributed by atoms with Gasteiger partial charge in [0, 0.05) is 0 Å². The average molecular weight is 194 g/mol. The molecule has 0 aromatic carbocycles. The van der Waals surface area contributed by atoms with Crippen molar-refractivity contribution in [2.45, 2.75) is 0 Å². The first-order chi connectivity index (χ1) is 6.36. The van der Waals surface area contributed by atoms with Crippen LogP contribution >= 0.6 is 11.6 Å². The Kier molecular flexibility index (Phi) is 1.21. The first-order valence-electron chi connectivity index (χ1n) is 3.76. The fourth-order valence-electron chi connectivity index (χ4n) is 1.39. The summed E-state index contributed by atoms with van der Waals surface area (Å²) in [5.41, 5.74) is 1.23. The highest BCUT2D eigenvalue weighted by Crippen LogP contribution is 2.30. The maximum atomic E-state index is 5.90. The van der Waals surface area contributed by atoms with E-state index in [2.05, 4.69) is 4.98 Å². The standard InChI is InChI=1S/C9H4ClNO2/c10-8-5-1-3-12-7(5)6-2-4-13-9(6)11-8/h1-4H. The van der Waals surface area contributed by atoms with Crippen LogP contribution in [-0.4, -0.2) is 4.98 Å². The third-order valence-electron chi connectivity index (χ3n) is 1.98. The van der Waals surface area contributed by atoms with Crippen molar-refractivity contribution in [2.24, 2.45) is 0 Å². The van der Waals surface area contributed by atoms with Crippen LogP contribution in [0.4, 0.5) is 0 Å². The number of hydrogen-bond donors (Lipinski definition) is 0. The summed E-state index contributed by atoms with van der Waals surface area (Å²) in [5.74, 6) is 0. The van der Waals surface area contributed by atoms with Crippen LogP contribution < -0.4 is 0 Å². The second kappa shape index (κ2) is 2.26. The fourth-order valence-corrected chi connectivity index (χ4v) is 1.62. The van der Waals surface area contributed by atoms with Gasteiger partial charge in [-0.3, -0.25) is 0 Å². The molecule has 0 bridgehead atoms. The van der Waals surface area contributed by atoms with Crippen LogP contribution in [0, 0.1) is 0 Å². The summed E-state index contributed by atoms with van der Waals surface area (Å²) < 4.78 is 10.4. The first kappa shape index (κ1) is 6.97. The fraction of sp³-hybridized carbons (Fsp3) is 0. The zero-order valence-corrected chi connectivity index (χ0v) is 7.21. The molecule has 3 nitrogen and oxygen atoms in total. The molecule has 0 spiro atoms. The summed E-state index contributed by atoms with van der Waals surface area (Å²) in [5, 5.41) is 2.08. The third kappa shape index (κ3) is 0.820. The van der Waals surface area contributed by atoms with E-state index in [4.69, 9.17) is 20.4 Å². The van der Waals surface area contributed by atoms with Gasteiger partial charge >= 0.3 is 0 Å². The van der Waals surface area contributed by atoms with Crippen LogP contribution in [0.5, 0.6) is 0 Å². The number of aromatic nitrogens is 1. The van der Waals surface area contributed by atoms with Gasteiger partial charge in [-0.05, 0) is 12.1 Å². The monoisotopic (exact) mass is 193 g/mol. The molecule has 0 N–H and O–H groups in total. The first-order valence-corrected chi connectivity index (χ1v) is 4.14. The van der Waals surface area contributed by atoms with E-state index in [9.17, 15) is 0 Å². The van der Waals surface area contributed by atoms with Crippen molar-refractivity contribution < 1.29 is 8.83 Å².